The zero-order valence-electron chi connectivity index (χ0n) is 14.9. The summed E-state index contributed by atoms with van der Waals surface area (Å²) in [6.45, 7) is 3.90. The van der Waals surface area contributed by atoms with Gasteiger partial charge in [0.2, 0.25) is 5.91 Å². The molecule has 0 spiro atoms. The van der Waals surface area contributed by atoms with Gasteiger partial charge in [0.15, 0.2) is 5.11 Å². The fourth-order valence-corrected chi connectivity index (χ4v) is 2.99. The standard InChI is InChI=1S/C17H25N3O3S2/c1-11(2)15(16(22)23)20(3)14(21)9-10-18-17(24)19-12-5-7-13(25-4)8-6-12/h5-8,11,15H,9-10H2,1-4H3,(H,22,23)(H2,18,19,24)/t15-/m0/s1. The first-order valence-electron chi connectivity index (χ1n) is 7.93. The SMILES string of the molecule is CSc1ccc(NC(=S)NCCC(=O)N(C)[C@H](C(=O)O)C(C)C)cc1. The van der Waals surface area contributed by atoms with E-state index in [2.05, 4.69) is 10.6 Å². The van der Waals surface area contributed by atoms with E-state index in [1.807, 2.05) is 30.5 Å². The highest BCUT2D eigenvalue weighted by Crippen LogP contribution is 2.17. The van der Waals surface area contributed by atoms with Crippen LogP contribution in [0.5, 0.6) is 0 Å². The first kappa shape index (κ1) is 21.2. The average Bonchev–Trinajstić information content (AvgIpc) is 2.54. The van der Waals surface area contributed by atoms with E-state index in [1.165, 1.54) is 11.9 Å². The molecule has 0 aliphatic heterocycles. The molecule has 8 heteroatoms. The van der Waals surface area contributed by atoms with E-state index in [1.54, 1.807) is 25.6 Å². The van der Waals surface area contributed by atoms with Gasteiger partial charge in [-0.2, -0.15) is 0 Å². The van der Waals surface area contributed by atoms with Crippen LogP contribution in [0.15, 0.2) is 29.2 Å². The molecule has 138 valence electrons. The third-order valence-corrected chi connectivity index (χ3v) is 4.66. The largest absolute Gasteiger partial charge is 0.480 e. The van der Waals surface area contributed by atoms with Crippen molar-refractivity contribution in [3.8, 4) is 0 Å². The third kappa shape index (κ3) is 6.91. The molecule has 1 rings (SSSR count). The van der Waals surface area contributed by atoms with Crippen LogP contribution in [0.3, 0.4) is 0 Å². The van der Waals surface area contributed by atoms with Gasteiger partial charge in [-0.25, -0.2) is 4.79 Å². The number of carbonyl (C=O) groups excluding carboxylic acids is 1. The Bertz CT molecular complexity index is 606. The monoisotopic (exact) mass is 383 g/mol. The smallest absolute Gasteiger partial charge is 0.326 e. The van der Waals surface area contributed by atoms with E-state index >= 15 is 0 Å². The number of benzene rings is 1. The molecule has 25 heavy (non-hydrogen) atoms. The minimum atomic E-state index is -0.996. The van der Waals surface area contributed by atoms with Crippen LogP contribution in [0.4, 0.5) is 5.69 Å². The highest BCUT2D eigenvalue weighted by atomic mass is 32.2. The van der Waals surface area contributed by atoms with Gasteiger partial charge >= 0.3 is 5.97 Å². The van der Waals surface area contributed by atoms with Crippen LogP contribution in [0.1, 0.15) is 20.3 Å². The molecule has 0 aliphatic rings. The minimum absolute atomic E-state index is 0.161. The Labute approximate surface area is 158 Å². The Morgan fingerprint density at radius 1 is 1.28 bits per heavy atom. The molecule has 6 nitrogen and oxygen atoms in total. The summed E-state index contributed by atoms with van der Waals surface area (Å²) in [5.74, 6) is -1.39. The van der Waals surface area contributed by atoms with Gasteiger partial charge in [-0.05, 0) is 48.7 Å². The molecule has 1 amide bonds. The van der Waals surface area contributed by atoms with Gasteiger partial charge in [-0.15, -0.1) is 11.8 Å². The fourth-order valence-electron chi connectivity index (χ4n) is 2.36. The normalized spacial score (nSPS) is 11.7. The number of amides is 1. The summed E-state index contributed by atoms with van der Waals surface area (Å²) >= 11 is 6.87. The lowest BCUT2D eigenvalue weighted by atomic mass is 10.0. The lowest BCUT2D eigenvalue weighted by Crippen LogP contribution is -2.46. The van der Waals surface area contributed by atoms with Gasteiger partial charge in [0.05, 0.1) is 0 Å². The predicted molar refractivity (Wildman–Crippen MR) is 106 cm³/mol. The van der Waals surface area contributed by atoms with E-state index in [-0.39, 0.29) is 18.2 Å². The molecule has 3 N–H and O–H groups in total. The van der Waals surface area contributed by atoms with Gasteiger partial charge in [-0.3, -0.25) is 4.79 Å². The van der Waals surface area contributed by atoms with Crippen LogP contribution >= 0.6 is 24.0 Å². The number of anilines is 1. The Kier molecular flexibility index (Phi) is 8.71. The maximum atomic E-state index is 12.2. The number of thioether (sulfide) groups is 1. The van der Waals surface area contributed by atoms with Crippen molar-refractivity contribution in [1.29, 1.82) is 0 Å². The Balaban J connectivity index is 2.43. The number of rotatable bonds is 8. The van der Waals surface area contributed by atoms with Crippen LogP contribution in [0, 0.1) is 5.92 Å². The second-order valence-corrected chi connectivity index (χ2v) is 7.18. The molecule has 0 aliphatic carbocycles. The maximum Gasteiger partial charge on any atom is 0.326 e. The van der Waals surface area contributed by atoms with Gasteiger partial charge in [-0.1, -0.05) is 13.8 Å². The van der Waals surface area contributed by atoms with Gasteiger partial charge < -0.3 is 20.6 Å². The van der Waals surface area contributed by atoms with Crippen LogP contribution < -0.4 is 10.6 Å². The number of nitrogens with zero attached hydrogens (tertiary/aromatic N) is 1. The zero-order valence-corrected chi connectivity index (χ0v) is 16.5. The summed E-state index contributed by atoms with van der Waals surface area (Å²) in [6.07, 6.45) is 2.18. The van der Waals surface area contributed by atoms with Crippen LogP contribution in [-0.2, 0) is 9.59 Å². The fraction of sp³-hybridized carbons (Fsp3) is 0.471. The second kappa shape index (κ2) is 10.2. The van der Waals surface area contributed by atoms with E-state index in [4.69, 9.17) is 12.2 Å². The van der Waals surface area contributed by atoms with Gasteiger partial charge in [0.25, 0.3) is 0 Å². The van der Waals surface area contributed by atoms with Crippen molar-refractivity contribution in [3.05, 3.63) is 24.3 Å². The highest BCUT2D eigenvalue weighted by Gasteiger charge is 2.28. The second-order valence-electron chi connectivity index (χ2n) is 5.89. The van der Waals surface area contributed by atoms with Crippen LogP contribution in [-0.4, -0.2) is 52.9 Å². The summed E-state index contributed by atoms with van der Waals surface area (Å²) in [5.41, 5.74) is 0.865. The van der Waals surface area contributed by atoms with Crippen molar-refractivity contribution in [2.75, 3.05) is 25.2 Å². The number of hydrogen-bond acceptors (Lipinski definition) is 4. The molecule has 0 fully saturated rings. The number of nitrogens with one attached hydrogen (secondary N) is 2. The Morgan fingerprint density at radius 2 is 1.88 bits per heavy atom. The number of carboxylic acids is 1. The molecule has 1 aromatic carbocycles. The van der Waals surface area contributed by atoms with E-state index < -0.39 is 12.0 Å². The van der Waals surface area contributed by atoms with Crippen LogP contribution in [0.25, 0.3) is 0 Å². The third-order valence-electron chi connectivity index (χ3n) is 3.67. The Morgan fingerprint density at radius 3 is 2.36 bits per heavy atom. The topological polar surface area (TPSA) is 81.7 Å². The lowest BCUT2D eigenvalue weighted by molar-refractivity contribution is -0.150. The van der Waals surface area contributed by atoms with Crippen molar-refractivity contribution in [3.63, 3.8) is 0 Å². The molecule has 0 aromatic heterocycles. The van der Waals surface area contributed by atoms with Crippen molar-refractivity contribution in [2.24, 2.45) is 5.92 Å². The first-order valence-corrected chi connectivity index (χ1v) is 9.57. The van der Waals surface area contributed by atoms with Crippen molar-refractivity contribution >= 4 is 46.7 Å². The first-order chi connectivity index (χ1) is 11.8. The molecule has 0 radical (unpaired) electrons. The van der Waals surface area contributed by atoms with Crippen molar-refractivity contribution < 1.29 is 14.7 Å². The number of aliphatic carboxylic acids is 1. The number of hydrogen-bond donors (Lipinski definition) is 3. The quantitative estimate of drug-likeness (QED) is 0.470. The number of thiocarbonyl (C=S) groups is 1. The average molecular weight is 384 g/mol. The molecule has 0 heterocycles. The highest BCUT2D eigenvalue weighted by molar-refractivity contribution is 7.98. The summed E-state index contributed by atoms with van der Waals surface area (Å²) in [7, 11) is 1.52. The van der Waals surface area contributed by atoms with E-state index in [0.29, 0.717) is 11.7 Å². The van der Waals surface area contributed by atoms with Crippen molar-refractivity contribution in [1.82, 2.24) is 10.2 Å². The maximum absolute atomic E-state index is 12.2. The van der Waals surface area contributed by atoms with Crippen LogP contribution in [0.2, 0.25) is 0 Å². The molecule has 0 saturated carbocycles. The minimum Gasteiger partial charge on any atom is -0.480 e. The molecule has 0 unspecified atom stereocenters. The molecular formula is C17H25N3O3S2. The summed E-state index contributed by atoms with van der Waals surface area (Å²) in [6, 6.07) is 7.02. The Hall–Kier alpha value is -1.80. The number of carboxylic acid groups (broad SMARTS) is 1. The number of likely N-dealkylation sites (N-methyl/N-ethyl adjacent to an activating group) is 1. The molecule has 0 saturated heterocycles. The van der Waals surface area contributed by atoms with E-state index in [0.717, 1.165) is 10.6 Å². The van der Waals surface area contributed by atoms with Gasteiger partial charge in [0, 0.05) is 30.6 Å². The van der Waals surface area contributed by atoms with Gasteiger partial charge in [0.1, 0.15) is 6.04 Å². The molecular weight excluding hydrogens is 358 g/mol. The summed E-state index contributed by atoms with van der Waals surface area (Å²) in [4.78, 5) is 25.9. The summed E-state index contributed by atoms with van der Waals surface area (Å²) < 4.78 is 0. The van der Waals surface area contributed by atoms with E-state index in [9.17, 15) is 14.7 Å². The lowest BCUT2D eigenvalue weighted by Gasteiger charge is -2.27. The number of carbonyl (C=O) groups is 2. The predicted octanol–water partition coefficient (Wildman–Crippen LogP) is 2.65. The molecule has 1 atom stereocenters. The molecule has 1 aromatic rings. The zero-order chi connectivity index (χ0) is 19.0. The summed E-state index contributed by atoms with van der Waals surface area (Å²) in [5, 5.41) is 15.7. The molecule has 0 bridgehead atoms. The van der Waals surface area contributed by atoms with Crippen molar-refractivity contribution in [2.45, 2.75) is 31.2 Å².